The molecule has 0 amide bonds. The maximum absolute atomic E-state index is 13.2. The van der Waals surface area contributed by atoms with Crippen molar-refractivity contribution < 1.29 is 21.6 Å². The number of aromatic amines is 1. The van der Waals surface area contributed by atoms with Gasteiger partial charge in [0.2, 0.25) is 0 Å². The lowest BCUT2D eigenvalue weighted by Crippen LogP contribution is -2.50. The highest BCUT2D eigenvalue weighted by Crippen LogP contribution is 2.50. The number of aromatic nitrogens is 2. The zero-order valence-electron chi connectivity index (χ0n) is 14.1. The molecule has 1 aromatic carbocycles. The number of benzene rings is 1. The topological polar surface area (TPSA) is 69.3 Å². The van der Waals surface area contributed by atoms with E-state index in [9.17, 15) is 21.6 Å². The number of hydrazine groups is 1. The molecule has 1 fully saturated rings. The smallest absolute Gasteiger partial charge is 0.281 e. The Bertz CT molecular complexity index is 951. The van der Waals surface area contributed by atoms with Gasteiger partial charge in [0.1, 0.15) is 0 Å². The van der Waals surface area contributed by atoms with Crippen LogP contribution in [0.25, 0.3) is 0 Å². The summed E-state index contributed by atoms with van der Waals surface area (Å²) in [6, 6.07) is 3.18. The van der Waals surface area contributed by atoms with Gasteiger partial charge in [0.25, 0.3) is 10.0 Å². The Kier molecular flexibility index (Phi) is 3.57. The SMILES string of the molecule is CC1(C)CC2c3cn[nH]c3CN1N2S(=O)(=O)c1ccc(C(F)(F)F)cc1. The van der Waals surface area contributed by atoms with Crippen molar-refractivity contribution in [3.63, 3.8) is 0 Å². The quantitative estimate of drug-likeness (QED) is 0.861. The summed E-state index contributed by atoms with van der Waals surface area (Å²) in [5, 5.41) is 8.64. The Labute approximate surface area is 148 Å². The Balaban J connectivity index is 1.77. The molecule has 3 heterocycles. The minimum absolute atomic E-state index is 0.162. The van der Waals surface area contributed by atoms with Crippen LogP contribution in [0.15, 0.2) is 35.4 Å². The monoisotopic (exact) mass is 386 g/mol. The highest BCUT2D eigenvalue weighted by Gasteiger charge is 2.54. The molecule has 0 spiro atoms. The van der Waals surface area contributed by atoms with Crippen molar-refractivity contribution in [2.45, 2.75) is 49.5 Å². The van der Waals surface area contributed by atoms with Gasteiger partial charge in [0, 0.05) is 11.1 Å². The third-order valence-corrected chi connectivity index (χ3v) is 6.85. The number of halogens is 3. The Morgan fingerprint density at radius 2 is 1.88 bits per heavy atom. The lowest BCUT2D eigenvalue weighted by Gasteiger charge is -2.39. The van der Waals surface area contributed by atoms with Crippen molar-refractivity contribution in [1.82, 2.24) is 19.6 Å². The first-order valence-electron chi connectivity index (χ1n) is 8.03. The van der Waals surface area contributed by atoms with E-state index in [2.05, 4.69) is 10.2 Å². The van der Waals surface area contributed by atoms with Crippen molar-refractivity contribution >= 4 is 10.0 Å². The number of hydrogen-bond acceptors (Lipinski definition) is 4. The number of hydrogen-bond donors (Lipinski definition) is 1. The van der Waals surface area contributed by atoms with Crippen LogP contribution < -0.4 is 0 Å². The number of sulfonamides is 1. The van der Waals surface area contributed by atoms with E-state index in [4.69, 9.17) is 0 Å². The van der Waals surface area contributed by atoms with E-state index < -0.39 is 33.3 Å². The predicted octanol–water partition coefficient (Wildman–Crippen LogP) is 3.07. The van der Waals surface area contributed by atoms with E-state index in [1.54, 1.807) is 11.2 Å². The second-order valence-corrected chi connectivity index (χ2v) is 8.99. The molecule has 6 nitrogen and oxygen atoms in total. The summed E-state index contributed by atoms with van der Waals surface area (Å²) >= 11 is 0. The van der Waals surface area contributed by atoms with Gasteiger partial charge in [-0.25, -0.2) is 13.4 Å². The van der Waals surface area contributed by atoms with Gasteiger partial charge in [0.05, 0.1) is 34.9 Å². The van der Waals surface area contributed by atoms with Crippen LogP contribution in [0.3, 0.4) is 0 Å². The zero-order chi connectivity index (χ0) is 18.9. The van der Waals surface area contributed by atoms with Gasteiger partial charge in [-0.1, -0.05) is 0 Å². The van der Waals surface area contributed by atoms with Crippen LogP contribution in [0.2, 0.25) is 0 Å². The molecule has 1 N–H and O–H groups in total. The lowest BCUT2D eigenvalue weighted by atomic mass is 9.96. The minimum Gasteiger partial charge on any atom is -0.281 e. The highest BCUT2D eigenvalue weighted by atomic mass is 32.2. The molecule has 2 aliphatic heterocycles. The van der Waals surface area contributed by atoms with Crippen LogP contribution in [0.1, 0.15) is 43.1 Å². The molecule has 140 valence electrons. The fourth-order valence-electron chi connectivity index (χ4n) is 3.71. The van der Waals surface area contributed by atoms with E-state index in [-0.39, 0.29) is 4.90 Å². The second kappa shape index (κ2) is 5.30. The van der Waals surface area contributed by atoms with Crippen molar-refractivity contribution in [2.24, 2.45) is 0 Å². The molecular formula is C16H17F3N4O2S. The zero-order valence-corrected chi connectivity index (χ0v) is 14.9. The number of fused-ring (bicyclic) bond motifs is 4. The molecule has 2 atom stereocenters. The first kappa shape index (κ1) is 17.5. The molecule has 2 aliphatic rings. The average molecular weight is 386 g/mol. The lowest BCUT2D eigenvalue weighted by molar-refractivity contribution is -0.137. The molecule has 1 saturated heterocycles. The maximum Gasteiger partial charge on any atom is 0.416 e. The summed E-state index contributed by atoms with van der Waals surface area (Å²) in [7, 11) is -4.00. The minimum atomic E-state index is -4.51. The third kappa shape index (κ3) is 2.47. The Morgan fingerprint density at radius 1 is 1.23 bits per heavy atom. The van der Waals surface area contributed by atoms with E-state index in [0.29, 0.717) is 13.0 Å². The molecule has 0 aliphatic carbocycles. The van der Waals surface area contributed by atoms with Gasteiger partial charge in [-0.15, -0.1) is 4.41 Å². The van der Waals surface area contributed by atoms with Crippen LogP contribution in [0.5, 0.6) is 0 Å². The summed E-state index contributed by atoms with van der Waals surface area (Å²) in [6.07, 6.45) is -2.32. The summed E-state index contributed by atoms with van der Waals surface area (Å²) in [5.41, 5.74) is 0.376. The molecular weight excluding hydrogens is 369 g/mol. The van der Waals surface area contributed by atoms with Crippen LogP contribution >= 0.6 is 0 Å². The van der Waals surface area contributed by atoms with Crippen LogP contribution in [-0.2, 0) is 22.7 Å². The van der Waals surface area contributed by atoms with Gasteiger partial charge < -0.3 is 0 Å². The third-order valence-electron chi connectivity index (χ3n) is 5.04. The molecule has 4 rings (SSSR count). The van der Waals surface area contributed by atoms with E-state index in [1.807, 2.05) is 13.8 Å². The highest BCUT2D eigenvalue weighted by molar-refractivity contribution is 7.89. The van der Waals surface area contributed by atoms with E-state index in [1.165, 1.54) is 4.41 Å². The fraction of sp³-hybridized carbons (Fsp3) is 0.438. The predicted molar refractivity (Wildman–Crippen MR) is 86.0 cm³/mol. The largest absolute Gasteiger partial charge is 0.416 e. The van der Waals surface area contributed by atoms with Gasteiger partial charge in [-0.05, 0) is 44.5 Å². The Morgan fingerprint density at radius 3 is 2.50 bits per heavy atom. The normalized spacial score (nSPS) is 25.3. The number of alkyl halides is 3. The number of H-pyrrole nitrogens is 1. The van der Waals surface area contributed by atoms with Crippen molar-refractivity contribution in [1.29, 1.82) is 0 Å². The summed E-state index contributed by atoms with van der Waals surface area (Å²) < 4.78 is 66.0. The van der Waals surface area contributed by atoms with Gasteiger partial charge in [-0.3, -0.25) is 5.10 Å². The van der Waals surface area contributed by atoms with Gasteiger partial charge in [-0.2, -0.15) is 18.3 Å². The van der Waals surface area contributed by atoms with Crippen molar-refractivity contribution in [3.8, 4) is 0 Å². The molecule has 0 radical (unpaired) electrons. The van der Waals surface area contributed by atoms with Gasteiger partial charge >= 0.3 is 6.18 Å². The first-order valence-corrected chi connectivity index (χ1v) is 9.47. The maximum atomic E-state index is 13.2. The van der Waals surface area contributed by atoms with Crippen LogP contribution in [-0.4, -0.2) is 33.6 Å². The fourth-order valence-corrected chi connectivity index (χ4v) is 5.47. The van der Waals surface area contributed by atoms with E-state index >= 15 is 0 Å². The molecule has 2 unspecified atom stereocenters. The van der Waals surface area contributed by atoms with Crippen molar-refractivity contribution in [2.75, 3.05) is 0 Å². The molecule has 0 saturated carbocycles. The molecule has 10 heteroatoms. The molecule has 2 bridgehead atoms. The second-order valence-electron chi connectivity index (χ2n) is 7.19. The van der Waals surface area contributed by atoms with Crippen molar-refractivity contribution in [3.05, 3.63) is 47.3 Å². The number of nitrogens with zero attached hydrogens (tertiary/aromatic N) is 3. The van der Waals surface area contributed by atoms with Crippen LogP contribution in [0.4, 0.5) is 13.2 Å². The summed E-state index contributed by atoms with van der Waals surface area (Å²) in [4.78, 5) is -0.162. The van der Waals surface area contributed by atoms with Crippen LogP contribution in [0, 0.1) is 0 Å². The first-order chi connectivity index (χ1) is 12.0. The summed E-state index contributed by atoms with van der Waals surface area (Å²) in [6.45, 7) is 4.24. The Hall–Kier alpha value is -1.91. The number of rotatable bonds is 2. The van der Waals surface area contributed by atoms with E-state index in [0.717, 1.165) is 35.5 Å². The standard InChI is InChI=1S/C16H17F3N4O2S/c1-15(2)7-14-12-8-20-21-13(12)9-22(15)23(14)26(24,25)11-5-3-10(4-6-11)16(17,18)19/h3-6,8,14H,7,9H2,1-2H3,(H,20,21). The molecule has 2 aromatic rings. The summed E-state index contributed by atoms with van der Waals surface area (Å²) in [5.74, 6) is 0. The molecule has 1 aromatic heterocycles. The average Bonchev–Trinajstić information content (AvgIpc) is 3.09. The molecule has 26 heavy (non-hydrogen) atoms. The van der Waals surface area contributed by atoms with Gasteiger partial charge in [0.15, 0.2) is 0 Å². The number of nitrogens with one attached hydrogen (secondary N) is 1.